The number of hydrogen-bond donors (Lipinski definition) is 3. The van der Waals surface area contributed by atoms with E-state index in [1.165, 1.54) is 12.1 Å². The van der Waals surface area contributed by atoms with Crippen LogP contribution in [-0.4, -0.2) is 15.9 Å². The normalized spacial score (nSPS) is 13.8. The zero-order valence-corrected chi connectivity index (χ0v) is 10.8. The van der Waals surface area contributed by atoms with Gasteiger partial charge in [-0.25, -0.2) is 10.8 Å². The average molecular weight is 253 g/mol. The standard InChI is InChI=1S/C11H19N5O2/c1-4-7(2)8(3)13-11-9(16(17)18)5-6-10(14-11)15-12/h5-8H,4,12H2,1-3H3,(H2,13,14,15). The van der Waals surface area contributed by atoms with Crippen LogP contribution in [-0.2, 0) is 0 Å². The Morgan fingerprint density at radius 2 is 2.17 bits per heavy atom. The molecule has 0 spiro atoms. The monoisotopic (exact) mass is 253 g/mol. The number of rotatable bonds is 6. The molecule has 2 unspecified atom stereocenters. The van der Waals surface area contributed by atoms with Crippen LogP contribution in [0.4, 0.5) is 17.3 Å². The summed E-state index contributed by atoms with van der Waals surface area (Å²) in [7, 11) is 0. The zero-order chi connectivity index (χ0) is 13.7. The lowest BCUT2D eigenvalue weighted by atomic mass is 10.0. The fourth-order valence-electron chi connectivity index (χ4n) is 1.50. The Morgan fingerprint density at radius 1 is 1.50 bits per heavy atom. The Bertz CT molecular complexity index is 424. The summed E-state index contributed by atoms with van der Waals surface area (Å²) in [4.78, 5) is 14.5. The summed E-state index contributed by atoms with van der Waals surface area (Å²) in [6.45, 7) is 6.12. The minimum Gasteiger partial charge on any atom is -0.362 e. The average Bonchev–Trinajstić information content (AvgIpc) is 2.37. The van der Waals surface area contributed by atoms with Gasteiger partial charge in [0.2, 0.25) is 5.82 Å². The predicted octanol–water partition coefficient (Wildman–Crippen LogP) is 2.12. The second-order valence-electron chi connectivity index (χ2n) is 4.28. The highest BCUT2D eigenvalue weighted by Crippen LogP contribution is 2.25. The van der Waals surface area contributed by atoms with Crippen molar-refractivity contribution in [1.82, 2.24) is 4.98 Å². The highest BCUT2D eigenvalue weighted by atomic mass is 16.6. The maximum Gasteiger partial charge on any atom is 0.311 e. The van der Waals surface area contributed by atoms with Gasteiger partial charge in [-0.2, -0.15) is 0 Å². The lowest BCUT2D eigenvalue weighted by Crippen LogP contribution is -2.24. The fraction of sp³-hybridized carbons (Fsp3) is 0.545. The SMILES string of the molecule is CCC(C)C(C)Nc1nc(NN)ccc1[N+](=O)[O-]. The number of nitrogen functional groups attached to an aromatic ring is 1. The van der Waals surface area contributed by atoms with Crippen molar-refractivity contribution in [2.75, 3.05) is 10.7 Å². The van der Waals surface area contributed by atoms with Crippen molar-refractivity contribution in [3.8, 4) is 0 Å². The van der Waals surface area contributed by atoms with E-state index in [-0.39, 0.29) is 17.5 Å². The van der Waals surface area contributed by atoms with Gasteiger partial charge in [-0.15, -0.1) is 0 Å². The van der Waals surface area contributed by atoms with Crippen LogP contribution < -0.4 is 16.6 Å². The second kappa shape index (κ2) is 6.15. The van der Waals surface area contributed by atoms with Crippen LogP contribution >= 0.6 is 0 Å². The first-order valence-electron chi connectivity index (χ1n) is 5.88. The number of aromatic nitrogens is 1. The van der Waals surface area contributed by atoms with E-state index in [0.717, 1.165) is 6.42 Å². The van der Waals surface area contributed by atoms with E-state index >= 15 is 0 Å². The molecule has 0 bridgehead atoms. The first-order chi connectivity index (χ1) is 8.49. The molecule has 0 aliphatic rings. The second-order valence-corrected chi connectivity index (χ2v) is 4.28. The Balaban J connectivity index is 3.00. The number of anilines is 2. The summed E-state index contributed by atoms with van der Waals surface area (Å²) in [5.74, 6) is 6.27. The van der Waals surface area contributed by atoms with E-state index in [1.807, 2.05) is 6.92 Å². The molecule has 0 saturated heterocycles. The molecular weight excluding hydrogens is 234 g/mol. The van der Waals surface area contributed by atoms with Gasteiger partial charge in [0.25, 0.3) is 0 Å². The molecule has 18 heavy (non-hydrogen) atoms. The van der Waals surface area contributed by atoms with Crippen LogP contribution in [0.5, 0.6) is 0 Å². The van der Waals surface area contributed by atoms with Crippen LogP contribution in [0.2, 0.25) is 0 Å². The summed E-state index contributed by atoms with van der Waals surface area (Å²) in [6, 6.07) is 2.94. The Labute approximate surface area is 106 Å². The minimum atomic E-state index is -0.459. The molecule has 7 nitrogen and oxygen atoms in total. The van der Waals surface area contributed by atoms with Crippen LogP contribution in [0.25, 0.3) is 0 Å². The molecular formula is C11H19N5O2. The molecule has 1 rings (SSSR count). The molecule has 0 radical (unpaired) electrons. The molecule has 7 heteroatoms. The molecule has 4 N–H and O–H groups in total. The third-order valence-corrected chi connectivity index (χ3v) is 3.08. The third kappa shape index (κ3) is 3.30. The van der Waals surface area contributed by atoms with Crippen LogP contribution in [0, 0.1) is 16.0 Å². The van der Waals surface area contributed by atoms with E-state index in [0.29, 0.717) is 11.7 Å². The highest BCUT2D eigenvalue weighted by Gasteiger charge is 2.19. The van der Waals surface area contributed by atoms with Gasteiger partial charge in [-0.1, -0.05) is 20.3 Å². The Hall–Kier alpha value is -1.89. The summed E-state index contributed by atoms with van der Waals surface area (Å²) in [5, 5.41) is 14.0. The Morgan fingerprint density at radius 3 is 2.67 bits per heavy atom. The molecule has 1 heterocycles. The quantitative estimate of drug-likeness (QED) is 0.407. The van der Waals surface area contributed by atoms with Crippen molar-refractivity contribution < 1.29 is 4.92 Å². The van der Waals surface area contributed by atoms with Gasteiger partial charge >= 0.3 is 5.69 Å². The topological polar surface area (TPSA) is 106 Å². The summed E-state index contributed by atoms with van der Waals surface area (Å²) < 4.78 is 0. The molecule has 1 aromatic heterocycles. The highest BCUT2D eigenvalue weighted by molar-refractivity contribution is 5.60. The van der Waals surface area contributed by atoms with E-state index in [2.05, 4.69) is 29.6 Å². The lowest BCUT2D eigenvalue weighted by Gasteiger charge is -2.20. The Kier molecular flexibility index (Phi) is 4.85. The van der Waals surface area contributed by atoms with Gasteiger partial charge in [0.15, 0.2) is 0 Å². The van der Waals surface area contributed by atoms with E-state index in [4.69, 9.17) is 5.84 Å². The number of pyridine rings is 1. The zero-order valence-electron chi connectivity index (χ0n) is 10.8. The van der Waals surface area contributed by atoms with Gasteiger partial charge in [0.05, 0.1) is 4.92 Å². The maximum absolute atomic E-state index is 10.9. The third-order valence-electron chi connectivity index (χ3n) is 3.08. The number of nitrogens with zero attached hydrogens (tertiary/aromatic N) is 2. The number of nitro groups is 1. The first-order valence-corrected chi connectivity index (χ1v) is 5.88. The van der Waals surface area contributed by atoms with Gasteiger partial charge in [-0.05, 0) is 18.9 Å². The van der Waals surface area contributed by atoms with Crippen LogP contribution in [0.15, 0.2) is 12.1 Å². The van der Waals surface area contributed by atoms with Crippen LogP contribution in [0.1, 0.15) is 27.2 Å². The van der Waals surface area contributed by atoms with Crippen molar-refractivity contribution in [3.05, 3.63) is 22.2 Å². The number of hydrogen-bond acceptors (Lipinski definition) is 6. The van der Waals surface area contributed by atoms with Crippen molar-refractivity contribution in [3.63, 3.8) is 0 Å². The molecule has 2 atom stereocenters. The molecule has 0 aromatic carbocycles. The van der Waals surface area contributed by atoms with Crippen molar-refractivity contribution in [1.29, 1.82) is 0 Å². The fourth-order valence-corrected chi connectivity index (χ4v) is 1.50. The summed E-state index contributed by atoms with van der Waals surface area (Å²) >= 11 is 0. The first kappa shape index (κ1) is 14.2. The molecule has 0 aliphatic carbocycles. The summed E-state index contributed by atoms with van der Waals surface area (Å²) in [5.41, 5.74) is 2.32. The van der Waals surface area contributed by atoms with Crippen molar-refractivity contribution in [2.24, 2.45) is 11.8 Å². The van der Waals surface area contributed by atoms with Gasteiger partial charge in [-0.3, -0.25) is 10.1 Å². The molecule has 0 saturated carbocycles. The molecule has 0 aliphatic heterocycles. The van der Waals surface area contributed by atoms with E-state index in [9.17, 15) is 10.1 Å². The lowest BCUT2D eigenvalue weighted by molar-refractivity contribution is -0.384. The van der Waals surface area contributed by atoms with Crippen molar-refractivity contribution >= 4 is 17.3 Å². The number of nitrogens with one attached hydrogen (secondary N) is 2. The van der Waals surface area contributed by atoms with E-state index in [1.54, 1.807) is 0 Å². The number of nitrogens with two attached hydrogens (primary N) is 1. The predicted molar refractivity (Wildman–Crippen MR) is 71.2 cm³/mol. The molecule has 0 fully saturated rings. The van der Waals surface area contributed by atoms with Crippen LogP contribution in [0.3, 0.4) is 0 Å². The van der Waals surface area contributed by atoms with Gasteiger partial charge in [0, 0.05) is 12.1 Å². The molecule has 1 aromatic rings. The van der Waals surface area contributed by atoms with Gasteiger partial charge < -0.3 is 10.7 Å². The largest absolute Gasteiger partial charge is 0.362 e. The molecule has 100 valence electrons. The maximum atomic E-state index is 10.9. The van der Waals surface area contributed by atoms with Crippen molar-refractivity contribution in [2.45, 2.75) is 33.2 Å². The van der Waals surface area contributed by atoms with Gasteiger partial charge in [0.1, 0.15) is 5.82 Å². The smallest absolute Gasteiger partial charge is 0.311 e. The minimum absolute atomic E-state index is 0.0517. The molecule has 0 amide bonds. The van der Waals surface area contributed by atoms with E-state index < -0.39 is 4.92 Å². The summed E-state index contributed by atoms with van der Waals surface area (Å²) in [6.07, 6.45) is 0.983. The number of hydrazine groups is 1.